The van der Waals surface area contributed by atoms with Gasteiger partial charge in [-0.2, -0.15) is 0 Å². The molecule has 0 bridgehead atoms. The van der Waals surface area contributed by atoms with Crippen molar-refractivity contribution in [1.82, 2.24) is 9.80 Å². The molecular formula is C26H30N2O7. The number of ketones is 1. The number of nitrogens with zero attached hydrogens (tertiary/aromatic N) is 2. The first-order valence-electron chi connectivity index (χ1n) is 11.5. The van der Waals surface area contributed by atoms with Gasteiger partial charge in [0.2, 0.25) is 0 Å². The second-order valence-electron chi connectivity index (χ2n) is 8.46. The average Bonchev–Trinajstić information content (AvgIpc) is 3.14. The SMILES string of the molecule is COc1ccc(/C(O)=C2/C(=O)C(=O)N(CCCN3CCOCC3)C2c2ccc(O)c(OC)c2)cc1. The molecule has 9 nitrogen and oxygen atoms in total. The smallest absolute Gasteiger partial charge is 0.295 e. The summed E-state index contributed by atoms with van der Waals surface area (Å²) >= 11 is 0. The summed E-state index contributed by atoms with van der Waals surface area (Å²) in [6.07, 6.45) is 0.654. The van der Waals surface area contributed by atoms with Crippen LogP contribution in [0.4, 0.5) is 0 Å². The van der Waals surface area contributed by atoms with Gasteiger partial charge in [0, 0.05) is 31.7 Å². The molecule has 1 amide bonds. The van der Waals surface area contributed by atoms with E-state index in [4.69, 9.17) is 14.2 Å². The van der Waals surface area contributed by atoms with E-state index in [1.807, 2.05) is 0 Å². The standard InChI is InChI=1S/C26H30N2O7/c1-33-19-7-4-17(5-8-19)24(30)22-23(18-6-9-20(29)21(16-18)34-2)28(26(32)25(22)31)11-3-10-27-12-14-35-15-13-27/h4-9,16,23,29-30H,3,10-15H2,1-2H3/b24-22-. The summed E-state index contributed by atoms with van der Waals surface area (Å²) in [7, 11) is 2.96. The van der Waals surface area contributed by atoms with Crippen molar-refractivity contribution in [2.45, 2.75) is 12.5 Å². The van der Waals surface area contributed by atoms with Gasteiger partial charge in [0.15, 0.2) is 11.5 Å². The van der Waals surface area contributed by atoms with Crippen molar-refractivity contribution in [1.29, 1.82) is 0 Å². The number of amides is 1. The number of phenolic OH excluding ortho intramolecular Hbond substituents is 1. The highest BCUT2D eigenvalue weighted by Crippen LogP contribution is 2.42. The predicted molar refractivity (Wildman–Crippen MR) is 129 cm³/mol. The third-order valence-corrected chi connectivity index (χ3v) is 6.40. The minimum Gasteiger partial charge on any atom is -0.507 e. The van der Waals surface area contributed by atoms with Crippen LogP contribution in [0.3, 0.4) is 0 Å². The summed E-state index contributed by atoms with van der Waals surface area (Å²) in [5.41, 5.74) is 0.951. The first-order valence-corrected chi connectivity index (χ1v) is 11.5. The van der Waals surface area contributed by atoms with E-state index in [2.05, 4.69) is 4.90 Å². The molecule has 1 unspecified atom stereocenters. The summed E-state index contributed by atoms with van der Waals surface area (Å²) in [5.74, 6) is -0.925. The van der Waals surface area contributed by atoms with Crippen LogP contribution in [0.1, 0.15) is 23.6 Å². The van der Waals surface area contributed by atoms with Crippen molar-refractivity contribution >= 4 is 17.4 Å². The lowest BCUT2D eigenvalue weighted by molar-refractivity contribution is -0.140. The van der Waals surface area contributed by atoms with Gasteiger partial charge in [-0.05, 0) is 48.4 Å². The van der Waals surface area contributed by atoms with Gasteiger partial charge in [-0.15, -0.1) is 0 Å². The van der Waals surface area contributed by atoms with Gasteiger partial charge in [-0.1, -0.05) is 6.07 Å². The van der Waals surface area contributed by atoms with Crippen LogP contribution in [0, 0.1) is 0 Å². The van der Waals surface area contributed by atoms with Crippen molar-refractivity contribution in [3.63, 3.8) is 0 Å². The Morgan fingerprint density at radius 1 is 1.03 bits per heavy atom. The second-order valence-corrected chi connectivity index (χ2v) is 8.46. The van der Waals surface area contributed by atoms with Crippen molar-refractivity contribution in [3.8, 4) is 17.2 Å². The first-order chi connectivity index (χ1) is 16.9. The summed E-state index contributed by atoms with van der Waals surface area (Å²) in [5, 5.41) is 21.2. The Morgan fingerprint density at radius 3 is 2.40 bits per heavy atom. The van der Waals surface area contributed by atoms with E-state index in [0.29, 0.717) is 43.1 Å². The number of likely N-dealkylation sites (tertiary alicyclic amines) is 1. The van der Waals surface area contributed by atoms with Gasteiger partial charge >= 0.3 is 0 Å². The van der Waals surface area contributed by atoms with Crippen LogP contribution in [0.2, 0.25) is 0 Å². The molecule has 0 radical (unpaired) electrons. The lowest BCUT2D eigenvalue weighted by Crippen LogP contribution is -2.38. The number of methoxy groups -OCH3 is 2. The number of aliphatic hydroxyl groups is 1. The van der Waals surface area contributed by atoms with Crippen LogP contribution in [0.15, 0.2) is 48.0 Å². The van der Waals surface area contributed by atoms with Crippen molar-refractivity contribution in [2.75, 3.05) is 53.6 Å². The van der Waals surface area contributed by atoms with Crippen LogP contribution < -0.4 is 9.47 Å². The Bertz CT molecular complexity index is 1110. The normalized spacial score (nSPS) is 20.3. The van der Waals surface area contributed by atoms with Crippen molar-refractivity contribution < 1.29 is 34.0 Å². The number of morpholine rings is 1. The number of benzene rings is 2. The van der Waals surface area contributed by atoms with Crippen molar-refractivity contribution in [3.05, 3.63) is 59.2 Å². The summed E-state index contributed by atoms with van der Waals surface area (Å²) in [6, 6.07) is 10.5. The fourth-order valence-electron chi connectivity index (χ4n) is 4.52. The summed E-state index contributed by atoms with van der Waals surface area (Å²) < 4.78 is 15.8. The van der Waals surface area contributed by atoms with Gasteiger partial charge in [0.25, 0.3) is 11.7 Å². The Labute approximate surface area is 204 Å². The van der Waals surface area contributed by atoms with Gasteiger partial charge in [-0.25, -0.2) is 0 Å². The van der Waals surface area contributed by atoms with Gasteiger partial charge in [0.1, 0.15) is 11.5 Å². The quantitative estimate of drug-likeness (QED) is 0.336. The Hall–Kier alpha value is -3.56. The van der Waals surface area contributed by atoms with E-state index >= 15 is 0 Å². The van der Waals surface area contributed by atoms with E-state index in [9.17, 15) is 19.8 Å². The molecule has 2 heterocycles. The summed E-state index contributed by atoms with van der Waals surface area (Å²) in [6.45, 7) is 4.11. The van der Waals surface area contributed by atoms with Crippen LogP contribution >= 0.6 is 0 Å². The number of aromatic hydroxyl groups is 1. The monoisotopic (exact) mass is 482 g/mol. The predicted octanol–water partition coefficient (Wildman–Crippen LogP) is 2.55. The molecule has 2 aliphatic rings. The number of carbonyl (C=O) groups is 2. The highest BCUT2D eigenvalue weighted by atomic mass is 16.5. The number of aliphatic hydroxyl groups excluding tert-OH is 1. The molecule has 2 aromatic rings. The maximum Gasteiger partial charge on any atom is 0.295 e. The number of hydrogen-bond donors (Lipinski definition) is 2. The molecule has 4 rings (SSSR count). The number of hydrogen-bond acceptors (Lipinski definition) is 8. The third kappa shape index (κ3) is 5.11. The zero-order chi connectivity index (χ0) is 24.9. The molecule has 9 heteroatoms. The maximum absolute atomic E-state index is 13.2. The molecular weight excluding hydrogens is 452 g/mol. The molecule has 0 aliphatic carbocycles. The Morgan fingerprint density at radius 2 is 1.74 bits per heavy atom. The van der Waals surface area contributed by atoms with Crippen LogP contribution in [-0.4, -0.2) is 85.3 Å². The minimum absolute atomic E-state index is 0.000665. The third-order valence-electron chi connectivity index (χ3n) is 6.40. The van der Waals surface area contributed by atoms with Gasteiger partial charge in [0.05, 0.1) is 39.0 Å². The van der Waals surface area contributed by atoms with Crippen LogP contribution in [0.5, 0.6) is 17.2 Å². The lowest BCUT2D eigenvalue weighted by atomic mass is 9.95. The largest absolute Gasteiger partial charge is 0.507 e. The highest BCUT2D eigenvalue weighted by Gasteiger charge is 2.46. The highest BCUT2D eigenvalue weighted by molar-refractivity contribution is 6.46. The van der Waals surface area contributed by atoms with E-state index in [0.717, 1.165) is 19.6 Å². The van der Waals surface area contributed by atoms with Crippen LogP contribution in [-0.2, 0) is 14.3 Å². The minimum atomic E-state index is -0.823. The fourth-order valence-corrected chi connectivity index (χ4v) is 4.52. The molecule has 0 spiro atoms. The molecule has 2 fully saturated rings. The molecule has 2 aromatic carbocycles. The topological polar surface area (TPSA) is 109 Å². The lowest BCUT2D eigenvalue weighted by Gasteiger charge is -2.29. The number of ether oxygens (including phenoxy) is 3. The van der Waals surface area contributed by atoms with Crippen LogP contribution in [0.25, 0.3) is 5.76 Å². The Balaban J connectivity index is 1.70. The molecule has 2 saturated heterocycles. The second kappa shape index (κ2) is 10.8. The molecule has 2 N–H and O–H groups in total. The Kier molecular flexibility index (Phi) is 7.57. The van der Waals surface area contributed by atoms with Gasteiger partial charge < -0.3 is 29.3 Å². The van der Waals surface area contributed by atoms with E-state index in [-0.39, 0.29) is 22.8 Å². The van der Waals surface area contributed by atoms with E-state index in [1.165, 1.54) is 25.2 Å². The van der Waals surface area contributed by atoms with Crippen molar-refractivity contribution in [2.24, 2.45) is 0 Å². The fraction of sp³-hybridized carbons (Fsp3) is 0.385. The number of carbonyl (C=O) groups excluding carboxylic acids is 2. The molecule has 2 aliphatic heterocycles. The molecule has 186 valence electrons. The first kappa shape index (κ1) is 24.6. The van der Waals surface area contributed by atoms with E-state index < -0.39 is 17.7 Å². The number of phenols is 1. The number of Topliss-reactive ketones (excluding diaryl/α,β-unsaturated/α-hetero) is 1. The molecule has 35 heavy (non-hydrogen) atoms. The van der Waals surface area contributed by atoms with E-state index in [1.54, 1.807) is 36.4 Å². The average molecular weight is 483 g/mol. The zero-order valence-corrected chi connectivity index (χ0v) is 19.9. The number of rotatable bonds is 8. The molecule has 0 saturated carbocycles. The zero-order valence-electron chi connectivity index (χ0n) is 19.9. The van der Waals surface area contributed by atoms with Gasteiger partial charge in [-0.3, -0.25) is 14.5 Å². The maximum atomic E-state index is 13.2. The summed E-state index contributed by atoms with van der Waals surface area (Å²) in [4.78, 5) is 30.1. The molecule has 1 atom stereocenters. The molecule has 0 aromatic heterocycles.